The molecule has 112 valence electrons. The van der Waals surface area contributed by atoms with Crippen molar-refractivity contribution in [2.24, 2.45) is 5.73 Å². The Morgan fingerprint density at radius 1 is 1.05 bits per heavy atom. The van der Waals surface area contributed by atoms with Crippen molar-refractivity contribution in [2.45, 2.75) is 19.5 Å². The van der Waals surface area contributed by atoms with Crippen molar-refractivity contribution < 1.29 is 13.2 Å². The summed E-state index contributed by atoms with van der Waals surface area (Å²) in [6, 6.07) is 8.06. The molecule has 1 unspecified atom stereocenters. The van der Waals surface area contributed by atoms with Gasteiger partial charge in [0.25, 0.3) is 0 Å². The van der Waals surface area contributed by atoms with Crippen LogP contribution in [-0.4, -0.2) is 7.05 Å². The zero-order valence-corrected chi connectivity index (χ0v) is 11.9. The molecule has 2 aromatic rings. The predicted octanol–water partition coefficient (Wildman–Crippen LogP) is 3.76. The molecule has 0 saturated carbocycles. The highest BCUT2D eigenvalue weighted by Crippen LogP contribution is 2.31. The summed E-state index contributed by atoms with van der Waals surface area (Å²) in [6.45, 7) is 1.74. The summed E-state index contributed by atoms with van der Waals surface area (Å²) in [4.78, 5) is 1.38. The summed E-state index contributed by atoms with van der Waals surface area (Å²) in [5, 5.41) is 0. The van der Waals surface area contributed by atoms with Crippen molar-refractivity contribution in [2.75, 3.05) is 11.9 Å². The molecule has 2 rings (SSSR count). The minimum atomic E-state index is -0.707. The molecule has 21 heavy (non-hydrogen) atoms. The van der Waals surface area contributed by atoms with Gasteiger partial charge in [-0.3, -0.25) is 0 Å². The molecule has 1 atom stereocenters. The Labute approximate surface area is 122 Å². The van der Waals surface area contributed by atoms with Crippen molar-refractivity contribution in [3.8, 4) is 0 Å². The molecule has 0 saturated heterocycles. The molecule has 0 aliphatic rings. The van der Waals surface area contributed by atoms with Crippen LogP contribution in [0.5, 0.6) is 0 Å². The van der Waals surface area contributed by atoms with Gasteiger partial charge in [-0.1, -0.05) is 18.2 Å². The zero-order valence-electron chi connectivity index (χ0n) is 11.9. The van der Waals surface area contributed by atoms with Crippen molar-refractivity contribution in [3.05, 3.63) is 65.0 Å². The molecule has 0 amide bonds. The maximum Gasteiger partial charge on any atom is 0.149 e. The van der Waals surface area contributed by atoms with E-state index < -0.39 is 23.5 Å². The second-order valence-corrected chi connectivity index (χ2v) is 4.92. The van der Waals surface area contributed by atoms with Crippen molar-refractivity contribution in [3.63, 3.8) is 0 Å². The Hall–Kier alpha value is -2.01. The quantitative estimate of drug-likeness (QED) is 0.930. The van der Waals surface area contributed by atoms with E-state index in [-0.39, 0.29) is 12.2 Å². The monoisotopic (exact) mass is 294 g/mol. The fourth-order valence-electron chi connectivity index (χ4n) is 2.29. The fourth-order valence-corrected chi connectivity index (χ4v) is 2.29. The average molecular weight is 294 g/mol. The third kappa shape index (κ3) is 3.03. The van der Waals surface area contributed by atoms with Crippen LogP contribution in [0, 0.1) is 17.5 Å². The number of halogens is 3. The van der Waals surface area contributed by atoms with E-state index >= 15 is 0 Å². The molecule has 2 aromatic carbocycles. The maximum atomic E-state index is 14.1. The van der Waals surface area contributed by atoms with E-state index in [0.717, 1.165) is 0 Å². The summed E-state index contributed by atoms with van der Waals surface area (Å²) >= 11 is 0. The lowest BCUT2D eigenvalue weighted by atomic mass is 10.1. The molecule has 5 heteroatoms. The van der Waals surface area contributed by atoms with Crippen molar-refractivity contribution >= 4 is 5.69 Å². The lowest BCUT2D eigenvalue weighted by Gasteiger charge is -2.28. The minimum absolute atomic E-state index is 0.0563. The largest absolute Gasteiger partial charge is 0.363 e. The van der Waals surface area contributed by atoms with E-state index in [0.29, 0.717) is 11.1 Å². The smallest absolute Gasteiger partial charge is 0.149 e. The van der Waals surface area contributed by atoms with Crippen molar-refractivity contribution in [1.29, 1.82) is 0 Å². The van der Waals surface area contributed by atoms with Crippen LogP contribution in [0.1, 0.15) is 24.1 Å². The van der Waals surface area contributed by atoms with Crippen LogP contribution < -0.4 is 10.6 Å². The van der Waals surface area contributed by atoms with Crippen LogP contribution in [0.3, 0.4) is 0 Å². The molecular weight excluding hydrogens is 277 g/mol. The zero-order chi connectivity index (χ0) is 15.6. The number of hydrogen-bond donors (Lipinski definition) is 1. The van der Waals surface area contributed by atoms with Gasteiger partial charge in [-0.05, 0) is 30.7 Å². The number of anilines is 1. The fraction of sp³-hybridized carbons (Fsp3) is 0.250. The van der Waals surface area contributed by atoms with E-state index in [2.05, 4.69) is 0 Å². The van der Waals surface area contributed by atoms with E-state index in [1.54, 1.807) is 25.1 Å². The van der Waals surface area contributed by atoms with Crippen molar-refractivity contribution in [1.82, 2.24) is 0 Å². The van der Waals surface area contributed by atoms with Gasteiger partial charge in [0.1, 0.15) is 23.1 Å². The first-order chi connectivity index (χ1) is 9.95. The molecular formula is C16H17F3N2. The summed E-state index contributed by atoms with van der Waals surface area (Å²) in [7, 11) is 1.53. The number of benzene rings is 2. The van der Waals surface area contributed by atoms with Gasteiger partial charge in [-0.2, -0.15) is 0 Å². The highest BCUT2D eigenvalue weighted by Gasteiger charge is 2.22. The van der Waals surface area contributed by atoms with Crippen LogP contribution >= 0.6 is 0 Å². The third-order valence-electron chi connectivity index (χ3n) is 3.60. The van der Waals surface area contributed by atoms with E-state index in [4.69, 9.17) is 5.73 Å². The highest BCUT2D eigenvalue weighted by atomic mass is 19.1. The number of rotatable bonds is 4. The van der Waals surface area contributed by atoms with E-state index in [1.807, 2.05) is 0 Å². The summed E-state index contributed by atoms with van der Waals surface area (Å²) in [5.41, 5.74) is 5.95. The van der Waals surface area contributed by atoms with Crippen LogP contribution in [0.2, 0.25) is 0 Å². The van der Waals surface area contributed by atoms with Gasteiger partial charge in [0.2, 0.25) is 0 Å². The Morgan fingerprint density at radius 3 is 2.14 bits per heavy atom. The first-order valence-corrected chi connectivity index (χ1v) is 6.61. The molecule has 2 N–H and O–H groups in total. The molecule has 2 nitrogen and oxygen atoms in total. The maximum absolute atomic E-state index is 14.1. The molecule has 0 aliphatic heterocycles. The Kier molecular flexibility index (Phi) is 4.53. The topological polar surface area (TPSA) is 29.3 Å². The second kappa shape index (κ2) is 6.18. The normalized spacial score (nSPS) is 12.3. The number of nitrogens with two attached hydrogens (primary N) is 1. The highest BCUT2D eigenvalue weighted by molar-refractivity contribution is 5.52. The van der Waals surface area contributed by atoms with Gasteiger partial charge in [0.15, 0.2) is 0 Å². The molecule has 0 spiro atoms. The average Bonchev–Trinajstić information content (AvgIpc) is 2.46. The molecule has 0 radical (unpaired) electrons. The number of nitrogens with zero attached hydrogens (tertiary/aromatic N) is 1. The lowest BCUT2D eigenvalue weighted by Crippen LogP contribution is -2.25. The van der Waals surface area contributed by atoms with Gasteiger partial charge in [0, 0.05) is 19.2 Å². The van der Waals surface area contributed by atoms with Crippen LogP contribution in [-0.2, 0) is 6.54 Å². The summed E-state index contributed by atoms with van der Waals surface area (Å²) < 4.78 is 42.0. The number of hydrogen-bond acceptors (Lipinski definition) is 2. The first kappa shape index (κ1) is 15.4. The van der Waals surface area contributed by atoms with Crippen LogP contribution in [0.15, 0.2) is 36.4 Å². The standard InChI is InChI=1S/C16H17F3N2/c1-10(12-5-3-4-6-13(12)17)21(2)16-14(18)7-11(9-20)8-15(16)19/h3-8,10H,9,20H2,1-2H3. The SMILES string of the molecule is CC(c1ccccc1F)N(C)c1c(F)cc(CN)cc1F. The van der Waals surface area contributed by atoms with Crippen LogP contribution in [0.25, 0.3) is 0 Å². The van der Waals surface area contributed by atoms with Gasteiger partial charge in [0.05, 0.1) is 6.04 Å². The predicted molar refractivity (Wildman–Crippen MR) is 77.5 cm³/mol. The molecule has 0 heterocycles. The Balaban J connectivity index is 2.40. The van der Waals surface area contributed by atoms with Crippen LogP contribution in [0.4, 0.5) is 18.9 Å². The van der Waals surface area contributed by atoms with Gasteiger partial charge >= 0.3 is 0 Å². The lowest BCUT2D eigenvalue weighted by molar-refractivity contribution is 0.549. The minimum Gasteiger partial charge on any atom is -0.363 e. The summed E-state index contributed by atoms with van der Waals surface area (Å²) in [5.74, 6) is -1.82. The molecule has 0 fully saturated rings. The van der Waals surface area contributed by atoms with E-state index in [1.165, 1.54) is 30.1 Å². The first-order valence-electron chi connectivity index (χ1n) is 6.61. The van der Waals surface area contributed by atoms with Gasteiger partial charge < -0.3 is 10.6 Å². The van der Waals surface area contributed by atoms with Gasteiger partial charge in [-0.15, -0.1) is 0 Å². The Morgan fingerprint density at radius 2 is 1.62 bits per heavy atom. The second-order valence-electron chi connectivity index (χ2n) is 4.92. The molecule has 0 aliphatic carbocycles. The summed E-state index contributed by atoms with van der Waals surface area (Å²) in [6.07, 6.45) is 0. The Bertz CT molecular complexity index is 620. The van der Waals surface area contributed by atoms with Gasteiger partial charge in [-0.25, -0.2) is 13.2 Å². The van der Waals surface area contributed by atoms with E-state index in [9.17, 15) is 13.2 Å². The molecule has 0 aromatic heterocycles. The third-order valence-corrected chi connectivity index (χ3v) is 3.60. The molecule has 0 bridgehead atoms.